The normalized spacial score (nSPS) is 15.1. The van der Waals surface area contributed by atoms with E-state index in [9.17, 15) is 24.3 Å². The van der Waals surface area contributed by atoms with E-state index in [0.717, 1.165) is 11.0 Å². The van der Waals surface area contributed by atoms with Gasteiger partial charge in [0, 0.05) is 5.02 Å². The molecule has 3 rings (SSSR count). The van der Waals surface area contributed by atoms with Crippen molar-refractivity contribution in [3.8, 4) is 5.75 Å². The van der Waals surface area contributed by atoms with Gasteiger partial charge in [-0.05, 0) is 53.7 Å². The van der Waals surface area contributed by atoms with Gasteiger partial charge in [-0.25, -0.2) is 4.79 Å². The van der Waals surface area contributed by atoms with Gasteiger partial charge in [-0.3, -0.25) is 19.3 Å². The van der Waals surface area contributed by atoms with Crippen LogP contribution in [0.2, 0.25) is 5.02 Å². The third kappa shape index (κ3) is 4.76. The van der Waals surface area contributed by atoms with E-state index >= 15 is 0 Å². The Balaban J connectivity index is 1.73. The number of nitrogens with zero attached hydrogens (tertiary/aromatic N) is 1. The van der Waals surface area contributed by atoms with Gasteiger partial charge in [0.2, 0.25) is 5.91 Å². The Bertz CT molecular complexity index is 1050. The van der Waals surface area contributed by atoms with Crippen molar-refractivity contribution in [2.24, 2.45) is 0 Å². The summed E-state index contributed by atoms with van der Waals surface area (Å²) in [7, 11) is 0. The largest absolute Gasteiger partial charge is 0.508 e. The zero-order valence-corrected chi connectivity index (χ0v) is 16.2. The predicted molar refractivity (Wildman–Crippen MR) is 108 cm³/mol. The fourth-order valence-electron chi connectivity index (χ4n) is 2.50. The number of phenols is 1. The van der Waals surface area contributed by atoms with Gasteiger partial charge in [0.15, 0.2) is 0 Å². The van der Waals surface area contributed by atoms with Crippen molar-refractivity contribution < 1.29 is 29.4 Å². The van der Waals surface area contributed by atoms with Crippen molar-refractivity contribution in [3.05, 3.63) is 63.5 Å². The molecule has 0 atom stereocenters. The summed E-state index contributed by atoms with van der Waals surface area (Å²) in [5.74, 6) is -3.02. The van der Waals surface area contributed by atoms with E-state index in [0.29, 0.717) is 22.3 Å². The first-order chi connectivity index (χ1) is 13.7. The number of carboxylic acid groups (broad SMARTS) is 1. The van der Waals surface area contributed by atoms with Crippen LogP contribution >= 0.6 is 23.4 Å². The van der Waals surface area contributed by atoms with Gasteiger partial charge >= 0.3 is 5.97 Å². The first-order valence-corrected chi connectivity index (χ1v) is 9.31. The third-order valence-electron chi connectivity index (χ3n) is 3.85. The molecule has 29 heavy (non-hydrogen) atoms. The Morgan fingerprint density at radius 1 is 1.14 bits per heavy atom. The zero-order chi connectivity index (χ0) is 21.1. The minimum absolute atomic E-state index is 0.0658. The van der Waals surface area contributed by atoms with Crippen LogP contribution in [0, 0.1) is 0 Å². The Morgan fingerprint density at radius 2 is 1.83 bits per heavy atom. The van der Waals surface area contributed by atoms with Crippen LogP contribution in [0.3, 0.4) is 0 Å². The summed E-state index contributed by atoms with van der Waals surface area (Å²) in [6.45, 7) is -0.581. The van der Waals surface area contributed by atoms with Gasteiger partial charge in [-0.15, -0.1) is 0 Å². The molecule has 0 bridgehead atoms. The van der Waals surface area contributed by atoms with E-state index in [1.54, 1.807) is 24.3 Å². The molecule has 10 heteroatoms. The number of benzene rings is 2. The zero-order valence-electron chi connectivity index (χ0n) is 14.6. The monoisotopic (exact) mass is 432 g/mol. The number of carbonyl (C=O) groups is 4. The summed E-state index contributed by atoms with van der Waals surface area (Å²) < 4.78 is 0. The topological polar surface area (TPSA) is 124 Å². The van der Waals surface area contributed by atoms with Crippen LogP contribution in [0.1, 0.15) is 15.9 Å². The maximum atomic E-state index is 12.5. The molecule has 1 heterocycles. The summed E-state index contributed by atoms with van der Waals surface area (Å²) in [5.41, 5.74) is 0.277. The second-order valence-corrected chi connectivity index (χ2v) is 7.33. The fourth-order valence-corrected chi connectivity index (χ4v) is 3.46. The number of aromatic carboxylic acids is 1. The summed E-state index contributed by atoms with van der Waals surface area (Å²) >= 11 is 6.51. The van der Waals surface area contributed by atoms with Crippen molar-refractivity contribution in [1.82, 2.24) is 4.90 Å². The second kappa shape index (κ2) is 8.38. The fraction of sp³-hybridized carbons (Fsp3) is 0.0526. The SMILES string of the molecule is O=C(CN1C(=O)SC(=Cc2ccc(Cl)cc2)C1=O)Nc1ccc(O)cc1C(=O)O. The van der Waals surface area contributed by atoms with Crippen LogP contribution in [0.5, 0.6) is 5.75 Å². The summed E-state index contributed by atoms with van der Waals surface area (Å²) in [5, 5.41) is 20.8. The summed E-state index contributed by atoms with van der Waals surface area (Å²) in [6, 6.07) is 10.0. The van der Waals surface area contributed by atoms with Crippen LogP contribution in [0.25, 0.3) is 6.08 Å². The predicted octanol–water partition coefficient (Wildman–Crippen LogP) is 3.42. The molecule has 1 aliphatic heterocycles. The number of carbonyl (C=O) groups excluding carboxylic acids is 3. The standard InChI is InChI=1S/C19H13ClN2O6S/c20-11-3-1-10(2-4-11)7-15-17(25)22(19(28)29-15)9-16(24)21-14-6-5-12(23)8-13(14)18(26)27/h1-8,23H,9H2,(H,21,24)(H,26,27). The highest BCUT2D eigenvalue weighted by molar-refractivity contribution is 8.18. The van der Waals surface area contributed by atoms with E-state index in [-0.39, 0.29) is 21.9 Å². The lowest BCUT2D eigenvalue weighted by Crippen LogP contribution is -2.36. The van der Waals surface area contributed by atoms with Crippen LogP contribution in [0.4, 0.5) is 10.5 Å². The number of imide groups is 1. The molecule has 0 unspecified atom stereocenters. The molecular weight excluding hydrogens is 420 g/mol. The summed E-state index contributed by atoms with van der Waals surface area (Å²) in [6.07, 6.45) is 1.52. The van der Waals surface area contributed by atoms with Gasteiger partial charge in [0.05, 0.1) is 16.2 Å². The number of phenolic OH excluding ortho intramolecular Hbond substituents is 1. The molecule has 2 aromatic rings. The molecule has 2 aromatic carbocycles. The Kier molecular flexibility index (Phi) is 5.90. The number of thioether (sulfide) groups is 1. The number of nitrogens with one attached hydrogen (secondary N) is 1. The molecule has 0 aliphatic carbocycles. The molecule has 3 N–H and O–H groups in total. The highest BCUT2D eigenvalue weighted by Gasteiger charge is 2.36. The lowest BCUT2D eigenvalue weighted by atomic mass is 10.1. The lowest BCUT2D eigenvalue weighted by molar-refractivity contribution is -0.127. The van der Waals surface area contributed by atoms with Gasteiger partial charge in [-0.2, -0.15) is 0 Å². The van der Waals surface area contributed by atoms with Crippen molar-refractivity contribution in [3.63, 3.8) is 0 Å². The molecule has 0 saturated carbocycles. The molecule has 1 fully saturated rings. The summed E-state index contributed by atoms with van der Waals surface area (Å²) in [4.78, 5) is 49.1. The number of rotatable bonds is 5. The van der Waals surface area contributed by atoms with E-state index in [1.807, 2.05) is 0 Å². The van der Waals surface area contributed by atoms with Crippen LogP contribution in [-0.2, 0) is 9.59 Å². The molecule has 1 aliphatic rings. The number of anilines is 1. The average Bonchev–Trinajstić information content (AvgIpc) is 2.92. The van der Waals surface area contributed by atoms with E-state index in [2.05, 4.69) is 5.32 Å². The van der Waals surface area contributed by atoms with Crippen molar-refractivity contribution in [2.45, 2.75) is 0 Å². The molecule has 3 amide bonds. The van der Waals surface area contributed by atoms with Gasteiger partial charge in [0.25, 0.3) is 11.1 Å². The number of carboxylic acids is 1. The molecule has 8 nitrogen and oxygen atoms in total. The van der Waals surface area contributed by atoms with Crippen LogP contribution in [0.15, 0.2) is 47.4 Å². The highest BCUT2D eigenvalue weighted by Crippen LogP contribution is 2.32. The lowest BCUT2D eigenvalue weighted by Gasteiger charge is -2.13. The quantitative estimate of drug-likeness (QED) is 0.488. The highest BCUT2D eigenvalue weighted by atomic mass is 35.5. The second-order valence-electron chi connectivity index (χ2n) is 5.90. The number of aromatic hydroxyl groups is 1. The molecular formula is C19H13ClN2O6S. The van der Waals surface area contributed by atoms with E-state index in [1.165, 1.54) is 18.2 Å². The molecule has 0 aromatic heterocycles. The minimum atomic E-state index is -1.35. The van der Waals surface area contributed by atoms with Crippen LogP contribution < -0.4 is 5.32 Å². The first kappa shape index (κ1) is 20.4. The number of hydrogen-bond donors (Lipinski definition) is 3. The third-order valence-corrected chi connectivity index (χ3v) is 5.01. The van der Waals surface area contributed by atoms with Gasteiger partial charge in [0.1, 0.15) is 12.3 Å². The smallest absolute Gasteiger partial charge is 0.337 e. The van der Waals surface area contributed by atoms with E-state index < -0.39 is 29.6 Å². The number of hydrogen-bond acceptors (Lipinski definition) is 6. The number of amides is 3. The molecule has 1 saturated heterocycles. The Hall–Kier alpha value is -3.30. The molecule has 0 radical (unpaired) electrons. The van der Waals surface area contributed by atoms with Crippen molar-refractivity contribution >= 4 is 58.1 Å². The maximum Gasteiger partial charge on any atom is 0.337 e. The Labute approximate surface area is 173 Å². The van der Waals surface area contributed by atoms with Crippen LogP contribution in [-0.4, -0.2) is 44.7 Å². The van der Waals surface area contributed by atoms with Crippen molar-refractivity contribution in [2.75, 3.05) is 11.9 Å². The van der Waals surface area contributed by atoms with Gasteiger partial charge in [-0.1, -0.05) is 23.7 Å². The first-order valence-electron chi connectivity index (χ1n) is 8.11. The molecule has 148 valence electrons. The Morgan fingerprint density at radius 3 is 2.48 bits per heavy atom. The average molecular weight is 433 g/mol. The van der Waals surface area contributed by atoms with E-state index in [4.69, 9.17) is 16.7 Å². The minimum Gasteiger partial charge on any atom is -0.508 e. The maximum absolute atomic E-state index is 12.5. The van der Waals surface area contributed by atoms with Gasteiger partial charge < -0.3 is 15.5 Å². The number of halogens is 1. The molecule has 0 spiro atoms. The van der Waals surface area contributed by atoms with Crippen molar-refractivity contribution in [1.29, 1.82) is 0 Å².